The van der Waals surface area contributed by atoms with Crippen LogP contribution in [0.3, 0.4) is 0 Å². The van der Waals surface area contributed by atoms with Gasteiger partial charge in [-0.3, -0.25) is 4.79 Å². The number of nitrogens with zero attached hydrogens (tertiary/aromatic N) is 8. The van der Waals surface area contributed by atoms with Crippen molar-refractivity contribution >= 4 is 40.4 Å². The predicted molar refractivity (Wildman–Crippen MR) is 124 cm³/mol. The minimum atomic E-state index is -0.216. The van der Waals surface area contributed by atoms with Crippen LogP contribution in [0.5, 0.6) is 0 Å². The van der Waals surface area contributed by atoms with Gasteiger partial charge in [-0.1, -0.05) is 16.8 Å². The molecule has 1 saturated heterocycles. The van der Waals surface area contributed by atoms with Gasteiger partial charge < -0.3 is 25.8 Å². The van der Waals surface area contributed by atoms with Gasteiger partial charge in [-0.2, -0.15) is 0 Å². The van der Waals surface area contributed by atoms with Crippen molar-refractivity contribution in [3.05, 3.63) is 41.6 Å². The lowest BCUT2D eigenvalue weighted by atomic mass is 10.2. The van der Waals surface area contributed by atoms with Crippen molar-refractivity contribution in [3.8, 4) is 5.69 Å². The molecule has 3 heterocycles. The highest BCUT2D eigenvalue weighted by atomic mass is 35.5. The average Bonchev–Trinajstić information content (AvgIpc) is 3.27. The number of nitrogen functional groups attached to an aromatic ring is 1. The van der Waals surface area contributed by atoms with Gasteiger partial charge in [0.15, 0.2) is 16.7 Å². The van der Waals surface area contributed by atoms with Crippen molar-refractivity contribution in [2.75, 3.05) is 63.3 Å². The zero-order valence-electron chi connectivity index (χ0n) is 18.2. The minimum Gasteiger partial charge on any atom is -0.393 e. The van der Waals surface area contributed by atoms with Crippen LogP contribution in [0.4, 0.5) is 22.9 Å². The third-order valence-electron chi connectivity index (χ3n) is 5.30. The molecular weight excluding hydrogens is 432 g/mol. The fourth-order valence-corrected chi connectivity index (χ4v) is 3.54. The van der Waals surface area contributed by atoms with E-state index < -0.39 is 0 Å². The molecule has 4 rings (SSSR count). The molecule has 3 N–H and O–H groups in total. The maximum absolute atomic E-state index is 12.2. The second-order valence-electron chi connectivity index (χ2n) is 7.79. The van der Waals surface area contributed by atoms with Crippen LogP contribution < -0.4 is 16.0 Å². The van der Waals surface area contributed by atoms with Gasteiger partial charge in [0.25, 0.3) is 5.91 Å². The van der Waals surface area contributed by atoms with E-state index in [-0.39, 0.29) is 22.4 Å². The smallest absolute Gasteiger partial charge is 0.275 e. The molecule has 1 aliphatic rings. The second-order valence-corrected chi connectivity index (χ2v) is 8.15. The summed E-state index contributed by atoms with van der Waals surface area (Å²) in [5, 5.41) is 11.6. The molecule has 1 aromatic carbocycles. The molecule has 0 spiro atoms. The normalized spacial score (nSPS) is 14.4. The van der Waals surface area contributed by atoms with Gasteiger partial charge >= 0.3 is 0 Å². The lowest BCUT2D eigenvalue weighted by Crippen LogP contribution is -2.44. The van der Waals surface area contributed by atoms with Crippen molar-refractivity contribution in [1.29, 1.82) is 0 Å². The summed E-state index contributed by atoms with van der Waals surface area (Å²) in [4.78, 5) is 26.4. The van der Waals surface area contributed by atoms with Crippen molar-refractivity contribution < 1.29 is 4.79 Å². The van der Waals surface area contributed by atoms with Crippen LogP contribution in [-0.2, 0) is 0 Å². The Balaban J connectivity index is 1.72. The Morgan fingerprint density at radius 3 is 2.66 bits per heavy atom. The van der Waals surface area contributed by atoms with Gasteiger partial charge in [-0.05, 0) is 25.2 Å². The molecule has 1 fully saturated rings. The maximum Gasteiger partial charge on any atom is 0.275 e. The van der Waals surface area contributed by atoms with E-state index in [4.69, 9.17) is 17.3 Å². The number of aromatic nitrogens is 5. The van der Waals surface area contributed by atoms with E-state index >= 15 is 0 Å². The Morgan fingerprint density at radius 1 is 1.19 bits per heavy atom. The number of likely N-dealkylation sites (N-methyl/N-ethyl adjacent to an activating group) is 1. The molecule has 2 aromatic heterocycles. The quantitative estimate of drug-likeness (QED) is 0.550. The molecule has 3 aromatic rings. The fraction of sp³-hybridized carbons (Fsp3) is 0.350. The monoisotopic (exact) mass is 456 g/mol. The Kier molecular flexibility index (Phi) is 6.10. The summed E-state index contributed by atoms with van der Waals surface area (Å²) in [6, 6.07) is 5.87. The first-order valence-corrected chi connectivity index (χ1v) is 10.5. The van der Waals surface area contributed by atoms with E-state index in [1.807, 2.05) is 18.2 Å². The Labute approximate surface area is 190 Å². The highest BCUT2D eigenvalue weighted by Crippen LogP contribution is 2.34. The number of benzene rings is 1. The van der Waals surface area contributed by atoms with Crippen LogP contribution >= 0.6 is 11.6 Å². The molecule has 1 amide bonds. The molecule has 11 nitrogen and oxygen atoms in total. The number of nitrogens with two attached hydrogens (primary N) is 1. The van der Waals surface area contributed by atoms with Gasteiger partial charge in [0.1, 0.15) is 12.0 Å². The number of carbonyl (C=O) groups is 1. The van der Waals surface area contributed by atoms with Crippen LogP contribution in [0, 0.1) is 0 Å². The molecule has 32 heavy (non-hydrogen) atoms. The van der Waals surface area contributed by atoms with Crippen molar-refractivity contribution in [3.63, 3.8) is 0 Å². The predicted octanol–water partition coefficient (Wildman–Crippen LogP) is 1.49. The number of piperazine rings is 1. The summed E-state index contributed by atoms with van der Waals surface area (Å²) < 4.78 is 1.56. The summed E-state index contributed by atoms with van der Waals surface area (Å²) in [5.74, 6) is 0.201. The van der Waals surface area contributed by atoms with Gasteiger partial charge in [0, 0.05) is 40.3 Å². The number of rotatable bonds is 5. The lowest BCUT2D eigenvalue weighted by molar-refractivity contribution is 0.0822. The van der Waals surface area contributed by atoms with E-state index in [0.717, 1.165) is 43.2 Å². The lowest BCUT2D eigenvalue weighted by Gasteiger charge is -2.35. The Hall–Kier alpha value is -3.44. The van der Waals surface area contributed by atoms with Gasteiger partial charge in [-0.15, -0.1) is 5.10 Å². The largest absolute Gasteiger partial charge is 0.393 e. The van der Waals surface area contributed by atoms with E-state index in [1.165, 1.54) is 11.2 Å². The molecule has 0 aliphatic carbocycles. The molecule has 1 aliphatic heterocycles. The summed E-state index contributed by atoms with van der Waals surface area (Å²) >= 11 is 6.08. The first kappa shape index (κ1) is 21.8. The maximum atomic E-state index is 12.2. The number of hydrogen-bond donors (Lipinski definition) is 2. The van der Waals surface area contributed by atoms with E-state index in [2.05, 4.69) is 42.4 Å². The molecule has 0 bridgehead atoms. The molecular formula is C20H25ClN10O. The number of hydrogen-bond acceptors (Lipinski definition) is 9. The first-order chi connectivity index (χ1) is 15.3. The van der Waals surface area contributed by atoms with Crippen molar-refractivity contribution in [2.24, 2.45) is 0 Å². The topological polar surface area (TPSA) is 121 Å². The number of anilines is 4. The minimum absolute atomic E-state index is 0.183. The summed E-state index contributed by atoms with van der Waals surface area (Å²) in [6.45, 7) is 3.69. The molecule has 0 saturated carbocycles. The van der Waals surface area contributed by atoms with Gasteiger partial charge in [0.05, 0.1) is 23.3 Å². The highest BCUT2D eigenvalue weighted by Gasteiger charge is 2.20. The summed E-state index contributed by atoms with van der Waals surface area (Å²) in [7, 11) is 5.46. The van der Waals surface area contributed by atoms with Crippen molar-refractivity contribution in [2.45, 2.75) is 0 Å². The van der Waals surface area contributed by atoms with E-state index in [9.17, 15) is 4.79 Å². The van der Waals surface area contributed by atoms with E-state index in [1.54, 1.807) is 25.0 Å². The number of nitrogens with one attached hydrogen (secondary N) is 1. The SMILES string of the molecule is CN1CCN(c2ccc(-n3cc(C(=O)N(C)C)nn3)cc2Nc2ncnc(Cl)c2N)CC1. The fourth-order valence-electron chi connectivity index (χ4n) is 3.41. The number of carbonyl (C=O) groups excluding carboxylic acids is 1. The van der Waals surface area contributed by atoms with Crippen LogP contribution in [-0.4, -0.2) is 88.0 Å². The summed E-state index contributed by atoms with van der Waals surface area (Å²) in [6.07, 6.45) is 2.96. The van der Waals surface area contributed by atoms with Gasteiger partial charge in [0.2, 0.25) is 0 Å². The van der Waals surface area contributed by atoms with E-state index in [0.29, 0.717) is 5.82 Å². The molecule has 0 radical (unpaired) electrons. The third-order valence-corrected chi connectivity index (χ3v) is 5.60. The Bertz CT molecular complexity index is 1120. The van der Waals surface area contributed by atoms with Gasteiger partial charge in [-0.25, -0.2) is 14.6 Å². The van der Waals surface area contributed by atoms with Crippen LogP contribution in [0.1, 0.15) is 10.5 Å². The van der Waals surface area contributed by atoms with Crippen LogP contribution in [0.25, 0.3) is 5.69 Å². The average molecular weight is 457 g/mol. The zero-order chi connectivity index (χ0) is 22.8. The molecule has 168 valence electrons. The van der Waals surface area contributed by atoms with Crippen LogP contribution in [0.2, 0.25) is 5.15 Å². The van der Waals surface area contributed by atoms with Crippen LogP contribution in [0.15, 0.2) is 30.7 Å². The number of amides is 1. The first-order valence-electron chi connectivity index (χ1n) is 10.1. The third kappa shape index (κ3) is 4.43. The standard InChI is InChI=1S/C20H25ClN10O/c1-28(2)20(32)15-11-31(27-26-15)13-4-5-16(30-8-6-29(3)7-9-30)14(10-13)25-19-17(22)18(21)23-12-24-19/h4-5,10-12H,6-9,22H2,1-3H3,(H,23,24,25). The highest BCUT2D eigenvalue weighted by molar-refractivity contribution is 6.32. The van der Waals surface area contributed by atoms with Crippen molar-refractivity contribution in [1.82, 2.24) is 34.8 Å². The molecule has 0 unspecified atom stereocenters. The number of halogens is 1. The Morgan fingerprint density at radius 2 is 1.94 bits per heavy atom. The molecule has 12 heteroatoms. The molecule has 0 atom stereocenters. The zero-order valence-corrected chi connectivity index (χ0v) is 18.9. The second kappa shape index (κ2) is 8.97. The summed E-state index contributed by atoms with van der Waals surface area (Å²) in [5.41, 5.74) is 9.13.